The SMILES string of the molecule is Cc1oc2ccc(I)cc2c1[S@](=O)c1ccccc1. The molecular weight excluding hydrogens is 371 g/mol. The van der Waals surface area contributed by atoms with Gasteiger partial charge in [0.15, 0.2) is 0 Å². The first-order valence-corrected chi connectivity index (χ1v) is 8.05. The molecule has 0 amide bonds. The molecule has 0 saturated heterocycles. The Kier molecular flexibility index (Phi) is 3.45. The Bertz CT molecular complexity index is 762. The Hall–Kier alpha value is -1.14. The van der Waals surface area contributed by atoms with Gasteiger partial charge in [0.2, 0.25) is 0 Å². The van der Waals surface area contributed by atoms with Gasteiger partial charge in [0.1, 0.15) is 11.3 Å². The van der Waals surface area contributed by atoms with Gasteiger partial charge in [0.05, 0.1) is 15.7 Å². The molecule has 0 spiro atoms. The molecule has 0 aliphatic heterocycles. The first-order chi connectivity index (χ1) is 9.16. The highest BCUT2D eigenvalue weighted by atomic mass is 127. The summed E-state index contributed by atoms with van der Waals surface area (Å²) in [5.74, 6) is 0.721. The largest absolute Gasteiger partial charge is 0.460 e. The summed E-state index contributed by atoms with van der Waals surface area (Å²) in [6.07, 6.45) is 0. The quantitative estimate of drug-likeness (QED) is 0.611. The third kappa shape index (κ3) is 2.34. The van der Waals surface area contributed by atoms with Gasteiger partial charge in [-0.05, 0) is 59.8 Å². The van der Waals surface area contributed by atoms with Crippen molar-refractivity contribution in [2.45, 2.75) is 16.7 Å². The lowest BCUT2D eigenvalue weighted by atomic mass is 10.2. The Morgan fingerprint density at radius 1 is 1.11 bits per heavy atom. The summed E-state index contributed by atoms with van der Waals surface area (Å²) in [6.45, 7) is 1.86. The summed E-state index contributed by atoms with van der Waals surface area (Å²) < 4.78 is 19.5. The van der Waals surface area contributed by atoms with Crippen LogP contribution in [0.3, 0.4) is 0 Å². The van der Waals surface area contributed by atoms with Crippen LogP contribution >= 0.6 is 22.6 Å². The fraction of sp³-hybridized carbons (Fsp3) is 0.0667. The standard InChI is InChI=1S/C15H11IO2S/c1-10-15(19(17)12-5-3-2-4-6-12)13-9-11(16)7-8-14(13)18-10/h2-9H,1H3/t19-/m1/s1. The van der Waals surface area contributed by atoms with E-state index in [1.54, 1.807) is 0 Å². The van der Waals surface area contributed by atoms with Gasteiger partial charge in [-0.15, -0.1) is 0 Å². The normalized spacial score (nSPS) is 12.7. The van der Waals surface area contributed by atoms with Crippen LogP contribution in [0.4, 0.5) is 0 Å². The summed E-state index contributed by atoms with van der Waals surface area (Å²) in [4.78, 5) is 1.58. The van der Waals surface area contributed by atoms with Gasteiger partial charge in [-0.25, -0.2) is 4.21 Å². The zero-order valence-electron chi connectivity index (χ0n) is 10.2. The average Bonchev–Trinajstić information content (AvgIpc) is 2.74. The lowest BCUT2D eigenvalue weighted by Crippen LogP contribution is -1.93. The molecule has 19 heavy (non-hydrogen) atoms. The van der Waals surface area contributed by atoms with Crippen LogP contribution in [-0.2, 0) is 10.8 Å². The Labute approximate surface area is 127 Å². The topological polar surface area (TPSA) is 30.2 Å². The third-order valence-corrected chi connectivity index (χ3v) is 5.16. The van der Waals surface area contributed by atoms with Crippen molar-refractivity contribution in [1.29, 1.82) is 0 Å². The van der Waals surface area contributed by atoms with Crippen molar-refractivity contribution in [2.24, 2.45) is 0 Å². The molecule has 96 valence electrons. The van der Waals surface area contributed by atoms with Crippen molar-refractivity contribution in [3.8, 4) is 0 Å². The highest BCUT2D eigenvalue weighted by Gasteiger charge is 2.18. The molecule has 2 nitrogen and oxygen atoms in total. The van der Waals surface area contributed by atoms with Crippen LogP contribution in [0, 0.1) is 10.5 Å². The molecular formula is C15H11IO2S. The number of benzene rings is 2. The summed E-state index contributed by atoms with van der Waals surface area (Å²) in [5.41, 5.74) is 0.789. The lowest BCUT2D eigenvalue weighted by Gasteiger charge is -2.01. The maximum atomic E-state index is 12.7. The highest BCUT2D eigenvalue weighted by molar-refractivity contribution is 14.1. The van der Waals surface area contributed by atoms with Gasteiger partial charge >= 0.3 is 0 Å². The molecule has 4 heteroatoms. The second-order valence-corrected chi connectivity index (χ2v) is 6.87. The van der Waals surface area contributed by atoms with Gasteiger partial charge in [-0.3, -0.25) is 0 Å². The fourth-order valence-corrected chi connectivity index (χ4v) is 3.86. The van der Waals surface area contributed by atoms with Gasteiger partial charge in [0.25, 0.3) is 0 Å². The zero-order chi connectivity index (χ0) is 13.4. The molecule has 0 aliphatic carbocycles. The first kappa shape index (κ1) is 12.9. The summed E-state index contributed by atoms with van der Waals surface area (Å²) >= 11 is 2.25. The number of furan rings is 1. The Morgan fingerprint density at radius 3 is 2.58 bits per heavy atom. The van der Waals surface area contributed by atoms with Crippen LogP contribution in [-0.4, -0.2) is 4.21 Å². The van der Waals surface area contributed by atoms with E-state index in [1.165, 1.54) is 0 Å². The molecule has 1 atom stereocenters. The zero-order valence-corrected chi connectivity index (χ0v) is 13.2. The van der Waals surface area contributed by atoms with Crippen LogP contribution in [0.5, 0.6) is 0 Å². The van der Waals surface area contributed by atoms with E-state index in [1.807, 2.05) is 55.5 Å². The molecule has 0 saturated carbocycles. The van der Waals surface area contributed by atoms with Crippen molar-refractivity contribution < 1.29 is 8.63 Å². The molecule has 0 N–H and O–H groups in total. The molecule has 0 aliphatic rings. The number of hydrogen-bond acceptors (Lipinski definition) is 2. The van der Waals surface area contributed by atoms with Gasteiger partial charge in [0, 0.05) is 13.9 Å². The van der Waals surface area contributed by atoms with Gasteiger partial charge in [-0.1, -0.05) is 18.2 Å². The maximum Gasteiger partial charge on any atom is 0.135 e. The number of fused-ring (bicyclic) bond motifs is 1. The number of halogens is 1. The average molecular weight is 382 g/mol. The van der Waals surface area contributed by atoms with E-state index < -0.39 is 10.8 Å². The molecule has 3 aromatic rings. The Morgan fingerprint density at radius 2 is 1.84 bits per heavy atom. The number of hydrogen-bond donors (Lipinski definition) is 0. The molecule has 3 rings (SSSR count). The van der Waals surface area contributed by atoms with E-state index in [0.29, 0.717) is 0 Å². The molecule has 2 aromatic carbocycles. The minimum Gasteiger partial charge on any atom is -0.460 e. The fourth-order valence-electron chi connectivity index (χ4n) is 2.06. The Balaban J connectivity index is 2.22. The van der Waals surface area contributed by atoms with E-state index in [2.05, 4.69) is 22.6 Å². The van der Waals surface area contributed by atoms with E-state index in [-0.39, 0.29) is 0 Å². The second kappa shape index (κ2) is 5.09. The van der Waals surface area contributed by atoms with Crippen molar-refractivity contribution in [2.75, 3.05) is 0 Å². The second-order valence-electron chi connectivity index (χ2n) is 4.21. The molecule has 1 heterocycles. The van der Waals surface area contributed by atoms with Crippen LogP contribution in [0.25, 0.3) is 11.0 Å². The third-order valence-electron chi connectivity index (χ3n) is 2.91. The first-order valence-electron chi connectivity index (χ1n) is 5.82. The van der Waals surface area contributed by atoms with Crippen LogP contribution in [0.2, 0.25) is 0 Å². The van der Waals surface area contributed by atoms with Crippen LogP contribution in [0.15, 0.2) is 62.7 Å². The van der Waals surface area contributed by atoms with Gasteiger partial charge < -0.3 is 4.42 Å². The van der Waals surface area contributed by atoms with E-state index in [4.69, 9.17) is 4.42 Å². The minimum absolute atomic E-state index is 0.721. The predicted octanol–water partition coefficient (Wildman–Crippen LogP) is 4.51. The van der Waals surface area contributed by atoms with Crippen LogP contribution in [0.1, 0.15) is 5.76 Å². The monoisotopic (exact) mass is 382 g/mol. The molecule has 1 aromatic heterocycles. The molecule has 0 unspecified atom stereocenters. The molecule has 0 radical (unpaired) electrons. The van der Waals surface area contributed by atoms with E-state index in [9.17, 15) is 4.21 Å². The van der Waals surface area contributed by atoms with E-state index in [0.717, 1.165) is 30.1 Å². The van der Waals surface area contributed by atoms with Crippen molar-refractivity contribution in [1.82, 2.24) is 0 Å². The van der Waals surface area contributed by atoms with Crippen LogP contribution < -0.4 is 0 Å². The molecule has 0 bridgehead atoms. The van der Waals surface area contributed by atoms with Crippen molar-refractivity contribution >= 4 is 44.4 Å². The summed E-state index contributed by atoms with van der Waals surface area (Å²) in [5, 5.41) is 0.937. The number of rotatable bonds is 2. The van der Waals surface area contributed by atoms with Crippen molar-refractivity contribution in [3.05, 3.63) is 57.9 Å². The smallest absolute Gasteiger partial charge is 0.135 e. The lowest BCUT2D eigenvalue weighted by molar-refractivity contribution is 0.566. The summed E-state index contributed by atoms with van der Waals surface area (Å²) in [6, 6.07) is 15.4. The number of aryl methyl sites for hydroxylation is 1. The maximum absolute atomic E-state index is 12.7. The minimum atomic E-state index is -1.21. The molecule has 0 fully saturated rings. The van der Waals surface area contributed by atoms with Gasteiger partial charge in [-0.2, -0.15) is 0 Å². The van der Waals surface area contributed by atoms with Crippen molar-refractivity contribution in [3.63, 3.8) is 0 Å². The summed E-state index contributed by atoms with van der Waals surface area (Å²) in [7, 11) is -1.21. The van der Waals surface area contributed by atoms with E-state index >= 15 is 0 Å². The highest BCUT2D eigenvalue weighted by Crippen LogP contribution is 2.32. The predicted molar refractivity (Wildman–Crippen MR) is 84.8 cm³/mol.